The van der Waals surface area contributed by atoms with E-state index in [1.54, 1.807) is 48.5 Å². The third-order valence-electron chi connectivity index (χ3n) is 4.28. The summed E-state index contributed by atoms with van der Waals surface area (Å²) in [6.45, 7) is 5.55. The molecule has 2 aromatic carbocycles. The number of sulfone groups is 1. The molecule has 0 bridgehead atoms. The van der Waals surface area contributed by atoms with Gasteiger partial charge in [-0.1, -0.05) is 47.5 Å². The molecule has 0 fully saturated rings. The maximum atomic E-state index is 13.1. The Bertz CT molecular complexity index is 1420. The van der Waals surface area contributed by atoms with Crippen molar-refractivity contribution < 1.29 is 8.42 Å². The molecular formula is C22H17ClN2O3S2. The second-order valence-corrected chi connectivity index (χ2v) is 9.78. The molecule has 0 aliphatic carbocycles. The van der Waals surface area contributed by atoms with Crippen LogP contribution in [0.2, 0.25) is 5.02 Å². The summed E-state index contributed by atoms with van der Waals surface area (Å²) in [6.07, 6.45) is 3.12. The third-order valence-corrected chi connectivity index (χ3v) is 7.51. The highest BCUT2D eigenvalue weighted by Gasteiger charge is 2.24. The average molecular weight is 457 g/mol. The molecule has 8 heteroatoms. The summed E-state index contributed by atoms with van der Waals surface area (Å²) in [5, 5.41) is 10.3. The van der Waals surface area contributed by atoms with E-state index in [0.717, 1.165) is 22.5 Å². The number of hydrogen-bond acceptors (Lipinski definition) is 5. The number of aromatic nitrogens is 1. The minimum Gasteiger partial charge on any atom is -0.293 e. The highest BCUT2D eigenvalue weighted by molar-refractivity contribution is 8.00. The number of nitriles is 1. The van der Waals surface area contributed by atoms with E-state index in [4.69, 9.17) is 11.6 Å². The van der Waals surface area contributed by atoms with Gasteiger partial charge in [0.05, 0.1) is 9.43 Å². The third kappa shape index (κ3) is 4.31. The largest absolute Gasteiger partial charge is 0.293 e. The van der Waals surface area contributed by atoms with Crippen molar-refractivity contribution in [2.75, 3.05) is 0 Å². The van der Waals surface area contributed by atoms with Gasteiger partial charge in [-0.05, 0) is 42.8 Å². The molecule has 30 heavy (non-hydrogen) atoms. The lowest BCUT2D eigenvalue weighted by molar-refractivity contribution is 0.605. The van der Waals surface area contributed by atoms with Gasteiger partial charge < -0.3 is 0 Å². The van der Waals surface area contributed by atoms with Crippen LogP contribution in [-0.4, -0.2) is 13.0 Å². The number of nitrogens with zero attached hydrogens (tertiary/aromatic N) is 2. The molecule has 0 unspecified atom stereocenters. The minimum atomic E-state index is -4.10. The maximum absolute atomic E-state index is 13.1. The molecule has 1 aromatic heterocycles. The molecule has 0 saturated heterocycles. The van der Waals surface area contributed by atoms with E-state index >= 15 is 0 Å². The molecule has 0 aliphatic rings. The van der Waals surface area contributed by atoms with Gasteiger partial charge >= 0.3 is 0 Å². The van der Waals surface area contributed by atoms with E-state index in [1.165, 1.54) is 22.8 Å². The van der Waals surface area contributed by atoms with Gasteiger partial charge in [0.2, 0.25) is 9.84 Å². The van der Waals surface area contributed by atoms with Crippen molar-refractivity contribution in [3.63, 3.8) is 0 Å². The Balaban J connectivity index is 2.34. The Morgan fingerprint density at radius 1 is 1.20 bits per heavy atom. The first kappa shape index (κ1) is 21.8. The topological polar surface area (TPSA) is 79.9 Å². The van der Waals surface area contributed by atoms with Gasteiger partial charge in [0.15, 0.2) is 4.91 Å². The maximum Gasteiger partial charge on any atom is 0.269 e. The smallest absolute Gasteiger partial charge is 0.269 e. The van der Waals surface area contributed by atoms with Crippen LogP contribution in [0.3, 0.4) is 0 Å². The normalized spacial score (nSPS) is 13.0. The zero-order valence-corrected chi connectivity index (χ0v) is 18.4. The molecular weight excluding hydrogens is 440 g/mol. The van der Waals surface area contributed by atoms with E-state index in [9.17, 15) is 18.5 Å². The second-order valence-electron chi connectivity index (χ2n) is 6.43. The van der Waals surface area contributed by atoms with E-state index in [-0.39, 0.29) is 16.1 Å². The van der Waals surface area contributed by atoms with Crippen molar-refractivity contribution in [3.8, 4) is 6.07 Å². The molecule has 5 nitrogen and oxygen atoms in total. The lowest BCUT2D eigenvalue weighted by Crippen LogP contribution is -2.32. The summed E-state index contributed by atoms with van der Waals surface area (Å²) < 4.78 is 27.9. The van der Waals surface area contributed by atoms with Gasteiger partial charge in [-0.25, -0.2) is 8.42 Å². The van der Waals surface area contributed by atoms with Crippen LogP contribution in [0.1, 0.15) is 11.1 Å². The Morgan fingerprint density at radius 2 is 1.83 bits per heavy atom. The first-order valence-corrected chi connectivity index (χ1v) is 11.5. The van der Waals surface area contributed by atoms with E-state index in [0.29, 0.717) is 9.55 Å². The highest BCUT2D eigenvalue weighted by atomic mass is 35.5. The van der Waals surface area contributed by atoms with Gasteiger partial charge in [0.25, 0.3) is 5.56 Å². The molecule has 3 rings (SSSR count). The Labute approximate surface area is 183 Å². The fourth-order valence-electron chi connectivity index (χ4n) is 2.75. The number of benzene rings is 2. The summed E-state index contributed by atoms with van der Waals surface area (Å²) in [5.41, 5.74) is 1.23. The van der Waals surface area contributed by atoms with E-state index in [2.05, 4.69) is 6.58 Å². The standard InChI is InChI=1S/C22H17ClN2O3S2/c1-3-12-25-21(26)19(13-16-6-8-17(23)9-7-16)29-22(25)20(14-24)30(27,28)18-10-4-15(2)5-11-18/h3-11,13H,1,12H2,2H3/b19-13-,22-20-. The summed E-state index contributed by atoms with van der Waals surface area (Å²) in [6, 6.07) is 14.9. The number of aryl methyl sites for hydroxylation is 1. The van der Waals surface area contributed by atoms with Gasteiger partial charge in [-0.15, -0.1) is 17.9 Å². The van der Waals surface area contributed by atoms with Crippen LogP contribution in [0.5, 0.6) is 0 Å². The van der Waals surface area contributed by atoms with Gasteiger partial charge in [-0.2, -0.15) is 5.26 Å². The monoisotopic (exact) mass is 456 g/mol. The fourth-order valence-corrected chi connectivity index (χ4v) is 5.53. The second kappa shape index (κ2) is 8.84. The van der Waals surface area contributed by atoms with Crippen molar-refractivity contribution >= 4 is 43.8 Å². The first-order chi connectivity index (χ1) is 14.3. The molecule has 0 spiro atoms. The van der Waals surface area contributed by atoms with Crippen LogP contribution in [-0.2, 0) is 16.4 Å². The Hall–Kier alpha value is -2.92. The minimum absolute atomic E-state index is 0.00103. The van der Waals surface area contributed by atoms with E-state index in [1.807, 2.05) is 6.92 Å². The first-order valence-electron chi connectivity index (χ1n) is 8.82. The van der Waals surface area contributed by atoms with Crippen LogP contribution in [0.15, 0.2) is 70.9 Å². The SMILES string of the molecule is C=CCn1c(=O)/c(=C/c2ccc(Cl)cc2)s/c1=C(/C#N)S(=O)(=O)c1ccc(C)cc1. The van der Waals surface area contributed by atoms with Crippen LogP contribution in [0.4, 0.5) is 0 Å². The number of allylic oxidation sites excluding steroid dienone is 1. The predicted octanol–water partition coefficient (Wildman–Crippen LogP) is 2.99. The van der Waals surface area contributed by atoms with Crippen molar-refractivity contribution in [2.24, 2.45) is 0 Å². The molecule has 0 atom stereocenters. The number of hydrogen-bond donors (Lipinski definition) is 0. The van der Waals surface area contributed by atoms with Crippen LogP contribution in [0.25, 0.3) is 11.0 Å². The lowest BCUT2D eigenvalue weighted by Gasteiger charge is -2.04. The van der Waals surface area contributed by atoms with Crippen LogP contribution >= 0.6 is 22.9 Å². The molecule has 152 valence electrons. The zero-order valence-electron chi connectivity index (χ0n) is 16.0. The Morgan fingerprint density at radius 3 is 2.40 bits per heavy atom. The zero-order chi connectivity index (χ0) is 21.9. The predicted molar refractivity (Wildman–Crippen MR) is 120 cm³/mol. The molecule has 0 radical (unpaired) electrons. The molecule has 0 aliphatic heterocycles. The summed E-state index contributed by atoms with van der Waals surface area (Å²) in [4.78, 5) is 12.5. The van der Waals surface area contributed by atoms with E-state index < -0.39 is 20.3 Å². The van der Waals surface area contributed by atoms with Crippen molar-refractivity contribution in [1.29, 1.82) is 5.26 Å². The van der Waals surface area contributed by atoms with Crippen molar-refractivity contribution in [3.05, 3.63) is 96.9 Å². The summed E-state index contributed by atoms with van der Waals surface area (Å²) in [5.74, 6) is 0. The lowest BCUT2D eigenvalue weighted by atomic mass is 10.2. The molecule has 3 aromatic rings. The summed E-state index contributed by atoms with van der Waals surface area (Å²) in [7, 11) is -4.10. The van der Waals surface area contributed by atoms with Gasteiger partial charge in [0.1, 0.15) is 10.7 Å². The number of thiazole rings is 1. The van der Waals surface area contributed by atoms with Crippen molar-refractivity contribution in [1.82, 2.24) is 4.57 Å². The molecule has 0 N–H and O–H groups in total. The number of rotatable bonds is 5. The molecule has 0 amide bonds. The van der Waals surface area contributed by atoms with Crippen LogP contribution in [0, 0.1) is 18.3 Å². The highest BCUT2D eigenvalue weighted by Crippen LogP contribution is 2.19. The van der Waals surface area contributed by atoms with Crippen molar-refractivity contribution in [2.45, 2.75) is 18.4 Å². The number of halogens is 1. The summed E-state index contributed by atoms with van der Waals surface area (Å²) >= 11 is 6.86. The fraction of sp³-hybridized carbons (Fsp3) is 0.0909. The van der Waals surface area contributed by atoms with Gasteiger partial charge in [-0.3, -0.25) is 9.36 Å². The molecule has 1 heterocycles. The average Bonchev–Trinajstić information content (AvgIpc) is 3.00. The van der Waals surface area contributed by atoms with Crippen LogP contribution < -0.4 is 14.8 Å². The molecule has 0 saturated carbocycles. The quantitative estimate of drug-likeness (QED) is 0.553. The van der Waals surface area contributed by atoms with Gasteiger partial charge in [0, 0.05) is 11.6 Å². The Kier molecular flexibility index (Phi) is 6.42.